The Bertz CT molecular complexity index is 963. The molecular weight excluding hydrogens is 410 g/mol. The topological polar surface area (TPSA) is 89.1 Å². The average molecular weight is 442 g/mol. The third-order valence-electron chi connectivity index (χ3n) is 5.50. The number of carbonyl (C=O) groups is 2. The molecule has 2 N–H and O–H groups in total. The Kier molecular flexibility index (Phi) is 8.08. The Hall–Kier alpha value is -3.10. The van der Waals surface area contributed by atoms with Crippen LogP contribution in [0.4, 0.5) is 5.69 Å². The third kappa shape index (κ3) is 6.21. The summed E-state index contributed by atoms with van der Waals surface area (Å²) in [5.74, 6) is 1.03. The molecule has 1 aliphatic rings. The zero-order chi connectivity index (χ0) is 23.1. The Labute approximate surface area is 188 Å². The van der Waals surface area contributed by atoms with Crippen LogP contribution in [-0.2, 0) is 14.3 Å². The third-order valence-corrected chi connectivity index (χ3v) is 5.50. The lowest BCUT2D eigenvalue weighted by atomic mass is 10.1. The number of hydrogen-bond acceptors (Lipinski definition) is 6. The summed E-state index contributed by atoms with van der Waals surface area (Å²) in [5.41, 5.74) is 3.83. The van der Waals surface area contributed by atoms with Crippen LogP contribution < -0.4 is 20.1 Å². The molecule has 0 aliphatic carbocycles. The maximum Gasteiger partial charge on any atom is 0.238 e. The molecule has 0 aromatic heterocycles. The minimum atomic E-state index is -0.218. The first kappa shape index (κ1) is 23.6. The fourth-order valence-electron chi connectivity index (χ4n) is 3.47. The van der Waals surface area contributed by atoms with E-state index in [1.54, 1.807) is 12.0 Å². The van der Waals surface area contributed by atoms with Crippen molar-refractivity contribution in [2.24, 2.45) is 0 Å². The molecular formula is C24H31N3O5. The van der Waals surface area contributed by atoms with E-state index in [4.69, 9.17) is 14.2 Å². The first-order valence-electron chi connectivity index (χ1n) is 10.6. The monoisotopic (exact) mass is 441 g/mol. The lowest BCUT2D eigenvalue weighted by Gasteiger charge is -2.23. The minimum Gasteiger partial charge on any atom is -0.454 e. The highest BCUT2D eigenvalue weighted by Gasteiger charge is 2.19. The highest BCUT2D eigenvalue weighted by molar-refractivity contribution is 5.93. The molecule has 2 aromatic rings. The predicted molar refractivity (Wildman–Crippen MR) is 122 cm³/mol. The SMILES string of the molecule is COCCN(CC(=O)Nc1cccc(C)c1C)CC(=O)NC(C)c1ccc2c(c1)OCO2. The maximum atomic E-state index is 12.7. The van der Waals surface area contributed by atoms with Crippen LogP contribution in [0.1, 0.15) is 29.7 Å². The Morgan fingerprint density at radius 1 is 1.09 bits per heavy atom. The van der Waals surface area contributed by atoms with Gasteiger partial charge in [0.05, 0.1) is 25.7 Å². The van der Waals surface area contributed by atoms with Crippen molar-refractivity contribution < 1.29 is 23.8 Å². The van der Waals surface area contributed by atoms with Crippen molar-refractivity contribution in [2.45, 2.75) is 26.8 Å². The standard InChI is InChI=1S/C24H31N3O5/c1-16-6-5-7-20(17(16)2)26-24(29)14-27(10-11-30-4)13-23(28)25-18(3)19-8-9-21-22(12-19)32-15-31-21/h5-9,12,18H,10-11,13-15H2,1-4H3,(H,25,28)(H,26,29). The van der Waals surface area contributed by atoms with E-state index < -0.39 is 0 Å². The zero-order valence-electron chi connectivity index (χ0n) is 19.1. The molecule has 3 rings (SSSR count). The molecule has 1 heterocycles. The first-order chi connectivity index (χ1) is 15.4. The van der Waals surface area contributed by atoms with Crippen LogP contribution in [-0.4, -0.2) is 56.9 Å². The second-order valence-corrected chi connectivity index (χ2v) is 7.90. The van der Waals surface area contributed by atoms with Crippen LogP contribution in [0.3, 0.4) is 0 Å². The predicted octanol–water partition coefficient (Wildman–Crippen LogP) is 2.80. The maximum absolute atomic E-state index is 12.7. The summed E-state index contributed by atoms with van der Waals surface area (Å²) >= 11 is 0. The minimum absolute atomic E-state index is 0.0818. The van der Waals surface area contributed by atoms with Crippen molar-refractivity contribution in [1.82, 2.24) is 10.2 Å². The van der Waals surface area contributed by atoms with Crippen molar-refractivity contribution in [2.75, 3.05) is 45.5 Å². The molecule has 172 valence electrons. The Morgan fingerprint density at radius 2 is 1.84 bits per heavy atom. The number of rotatable bonds is 10. The molecule has 0 radical (unpaired) electrons. The fraction of sp³-hybridized carbons (Fsp3) is 0.417. The van der Waals surface area contributed by atoms with E-state index in [-0.39, 0.29) is 37.7 Å². The molecule has 2 aromatic carbocycles. The highest BCUT2D eigenvalue weighted by Crippen LogP contribution is 2.34. The number of ether oxygens (including phenoxy) is 3. The second kappa shape index (κ2) is 11.0. The smallest absolute Gasteiger partial charge is 0.238 e. The summed E-state index contributed by atoms with van der Waals surface area (Å²) < 4.78 is 15.9. The van der Waals surface area contributed by atoms with E-state index in [2.05, 4.69) is 10.6 Å². The van der Waals surface area contributed by atoms with Crippen molar-refractivity contribution in [1.29, 1.82) is 0 Å². The van der Waals surface area contributed by atoms with Gasteiger partial charge < -0.3 is 24.8 Å². The summed E-state index contributed by atoms with van der Waals surface area (Å²) in [6.07, 6.45) is 0. The van der Waals surface area contributed by atoms with Gasteiger partial charge >= 0.3 is 0 Å². The summed E-state index contributed by atoms with van der Waals surface area (Å²) in [5, 5.41) is 5.93. The van der Waals surface area contributed by atoms with Gasteiger partial charge in [0.2, 0.25) is 18.6 Å². The molecule has 1 unspecified atom stereocenters. The molecule has 1 atom stereocenters. The number of carbonyl (C=O) groups excluding carboxylic acids is 2. The lowest BCUT2D eigenvalue weighted by Crippen LogP contribution is -2.43. The van der Waals surface area contributed by atoms with E-state index in [9.17, 15) is 9.59 Å². The van der Waals surface area contributed by atoms with Crippen LogP contribution in [0.15, 0.2) is 36.4 Å². The van der Waals surface area contributed by atoms with Gasteiger partial charge in [-0.2, -0.15) is 0 Å². The molecule has 0 fully saturated rings. The van der Waals surface area contributed by atoms with Crippen LogP contribution in [0.25, 0.3) is 0 Å². The van der Waals surface area contributed by atoms with E-state index in [0.29, 0.717) is 24.7 Å². The van der Waals surface area contributed by atoms with Gasteiger partial charge in [0, 0.05) is 19.3 Å². The van der Waals surface area contributed by atoms with E-state index in [1.165, 1.54) is 0 Å². The molecule has 2 amide bonds. The van der Waals surface area contributed by atoms with Gasteiger partial charge in [-0.25, -0.2) is 0 Å². The number of anilines is 1. The number of hydrogen-bond donors (Lipinski definition) is 2. The summed E-state index contributed by atoms with van der Waals surface area (Å²) in [6, 6.07) is 11.2. The number of nitrogens with zero attached hydrogens (tertiary/aromatic N) is 1. The highest BCUT2D eigenvalue weighted by atomic mass is 16.7. The molecule has 0 saturated carbocycles. The van der Waals surface area contributed by atoms with Crippen LogP contribution >= 0.6 is 0 Å². The van der Waals surface area contributed by atoms with E-state index >= 15 is 0 Å². The van der Waals surface area contributed by atoms with E-state index in [1.807, 2.05) is 57.2 Å². The van der Waals surface area contributed by atoms with Crippen LogP contribution in [0.2, 0.25) is 0 Å². The van der Waals surface area contributed by atoms with Gasteiger partial charge in [-0.3, -0.25) is 14.5 Å². The van der Waals surface area contributed by atoms with Gasteiger partial charge in [0.15, 0.2) is 11.5 Å². The molecule has 0 spiro atoms. The van der Waals surface area contributed by atoms with Crippen molar-refractivity contribution in [3.05, 3.63) is 53.1 Å². The normalized spacial score (nSPS) is 13.2. The Balaban J connectivity index is 1.57. The van der Waals surface area contributed by atoms with Gasteiger partial charge in [-0.15, -0.1) is 0 Å². The molecule has 32 heavy (non-hydrogen) atoms. The van der Waals surface area contributed by atoms with Gasteiger partial charge in [0.1, 0.15) is 0 Å². The Morgan fingerprint density at radius 3 is 2.62 bits per heavy atom. The molecule has 0 bridgehead atoms. The molecule has 8 heteroatoms. The van der Waals surface area contributed by atoms with Gasteiger partial charge in [-0.05, 0) is 55.7 Å². The second-order valence-electron chi connectivity index (χ2n) is 7.90. The molecule has 1 aliphatic heterocycles. The molecule has 0 saturated heterocycles. The largest absolute Gasteiger partial charge is 0.454 e. The van der Waals surface area contributed by atoms with Gasteiger partial charge in [0.25, 0.3) is 0 Å². The number of fused-ring (bicyclic) bond motifs is 1. The fourth-order valence-corrected chi connectivity index (χ4v) is 3.47. The quantitative estimate of drug-likeness (QED) is 0.589. The number of methoxy groups -OCH3 is 1. The van der Waals surface area contributed by atoms with Crippen molar-refractivity contribution >= 4 is 17.5 Å². The summed E-state index contributed by atoms with van der Waals surface area (Å²) in [6.45, 7) is 7.13. The number of benzene rings is 2. The van der Waals surface area contributed by atoms with Gasteiger partial charge in [-0.1, -0.05) is 18.2 Å². The van der Waals surface area contributed by atoms with Crippen LogP contribution in [0, 0.1) is 13.8 Å². The van der Waals surface area contributed by atoms with E-state index in [0.717, 1.165) is 22.4 Å². The number of nitrogens with one attached hydrogen (secondary N) is 2. The number of aryl methyl sites for hydroxylation is 1. The van der Waals surface area contributed by atoms with Crippen molar-refractivity contribution in [3.8, 4) is 11.5 Å². The zero-order valence-corrected chi connectivity index (χ0v) is 19.1. The summed E-state index contributed by atoms with van der Waals surface area (Å²) in [4.78, 5) is 27.1. The lowest BCUT2D eigenvalue weighted by molar-refractivity contribution is -0.124. The van der Waals surface area contributed by atoms with Crippen LogP contribution in [0.5, 0.6) is 11.5 Å². The molecule has 8 nitrogen and oxygen atoms in total. The average Bonchev–Trinajstić information content (AvgIpc) is 3.23. The number of amides is 2. The first-order valence-corrected chi connectivity index (χ1v) is 10.6. The summed E-state index contributed by atoms with van der Waals surface area (Å²) in [7, 11) is 1.59. The van der Waals surface area contributed by atoms with Crippen molar-refractivity contribution in [3.63, 3.8) is 0 Å².